The first-order chi connectivity index (χ1) is 21.6. The molecule has 8 heteroatoms. The lowest BCUT2D eigenvalue weighted by molar-refractivity contribution is -0.152. The monoisotopic (exact) mass is 638 g/mol. The van der Waals surface area contributed by atoms with Gasteiger partial charge < -0.3 is 29.9 Å². The van der Waals surface area contributed by atoms with Crippen molar-refractivity contribution in [1.29, 1.82) is 0 Å². The molecule has 0 radical (unpaired) electrons. The van der Waals surface area contributed by atoms with E-state index < -0.39 is 30.4 Å². The van der Waals surface area contributed by atoms with Crippen LogP contribution in [0.2, 0.25) is 0 Å². The maximum absolute atomic E-state index is 12.0. The van der Waals surface area contributed by atoms with E-state index in [1.54, 1.807) is 6.08 Å². The van der Waals surface area contributed by atoms with Crippen molar-refractivity contribution >= 4 is 11.9 Å². The van der Waals surface area contributed by atoms with Gasteiger partial charge in [0.1, 0.15) is 19.3 Å². The first kappa shape index (κ1) is 41.3. The summed E-state index contributed by atoms with van der Waals surface area (Å²) in [5, 5.41) is 41.0. The number of carbonyl (C=O) groups is 2. The number of allylic oxidation sites excluding steroid dienone is 2. The van der Waals surface area contributed by atoms with E-state index >= 15 is 0 Å². The number of unbranched alkanes of at least 4 members (excludes halogenated alkanes) is 10. The minimum atomic E-state index is -1.04. The van der Waals surface area contributed by atoms with Crippen LogP contribution in [0.5, 0.6) is 0 Å². The summed E-state index contributed by atoms with van der Waals surface area (Å²) >= 11 is 0. The number of aliphatic hydroxyl groups is 4. The van der Waals surface area contributed by atoms with Gasteiger partial charge in [-0.1, -0.05) is 116 Å². The minimum absolute atomic E-state index is 0.116. The van der Waals surface area contributed by atoms with Crippen molar-refractivity contribution in [2.45, 2.75) is 167 Å². The van der Waals surface area contributed by atoms with Gasteiger partial charge in [-0.15, -0.1) is 0 Å². The van der Waals surface area contributed by atoms with Gasteiger partial charge in [-0.25, -0.2) is 0 Å². The zero-order valence-corrected chi connectivity index (χ0v) is 28.6. The lowest BCUT2D eigenvalue weighted by atomic mass is 9.89. The molecule has 0 unspecified atom stereocenters. The molecular formula is C37H66O8. The van der Waals surface area contributed by atoms with Crippen LogP contribution in [0.4, 0.5) is 0 Å². The lowest BCUT2D eigenvalue weighted by Gasteiger charge is -2.19. The Hall–Kier alpha value is -1.74. The van der Waals surface area contributed by atoms with E-state index in [1.807, 2.05) is 18.2 Å². The lowest BCUT2D eigenvalue weighted by Crippen LogP contribution is -2.25. The number of aliphatic hydroxyl groups excluding tert-OH is 4. The van der Waals surface area contributed by atoms with Crippen molar-refractivity contribution in [3.05, 3.63) is 24.3 Å². The molecule has 0 amide bonds. The largest absolute Gasteiger partial charge is 0.463 e. The third-order valence-corrected chi connectivity index (χ3v) is 8.69. The molecule has 6 atom stereocenters. The SMILES string of the molecule is CCCCC[C@H](O)/C=C/[C@@H]1[C@@H](C/C=C/CCCC(=O)OC[C@H](O)COC(=O)CCCCCCCCCCC(C)C)[C@@H](O)C[C@H]1O. The molecule has 0 aliphatic heterocycles. The summed E-state index contributed by atoms with van der Waals surface area (Å²) in [7, 11) is 0. The average Bonchev–Trinajstić information content (AvgIpc) is 3.27. The molecule has 1 aliphatic carbocycles. The highest BCUT2D eigenvalue weighted by Gasteiger charge is 2.39. The molecule has 0 aromatic heterocycles. The van der Waals surface area contributed by atoms with Crippen LogP contribution in [0.25, 0.3) is 0 Å². The first-order valence-corrected chi connectivity index (χ1v) is 18.0. The van der Waals surface area contributed by atoms with Gasteiger partial charge in [0.25, 0.3) is 0 Å². The predicted molar refractivity (Wildman–Crippen MR) is 179 cm³/mol. The maximum Gasteiger partial charge on any atom is 0.305 e. The molecule has 0 bridgehead atoms. The zero-order valence-electron chi connectivity index (χ0n) is 28.6. The molecule has 45 heavy (non-hydrogen) atoms. The van der Waals surface area contributed by atoms with Crippen LogP contribution in [0, 0.1) is 17.8 Å². The molecule has 1 fully saturated rings. The Balaban J connectivity index is 2.11. The van der Waals surface area contributed by atoms with Crippen LogP contribution in [-0.2, 0) is 19.1 Å². The van der Waals surface area contributed by atoms with E-state index in [-0.39, 0.29) is 37.4 Å². The van der Waals surface area contributed by atoms with Crippen molar-refractivity contribution in [2.75, 3.05) is 13.2 Å². The Morgan fingerprint density at radius 1 is 0.756 bits per heavy atom. The van der Waals surface area contributed by atoms with Crippen LogP contribution in [0.1, 0.15) is 143 Å². The first-order valence-electron chi connectivity index (χ1n) is 18.0. The zero-order chi connectivity index (χ0) is 33.3. The summed E-state index contributed by atoms with van der Waals surface area (Å²) in [5.74, 6) is -0.267. The van der Waals surface area contributed by atoms with E-state index in [2.05, 4.69) is 20.8 Å². The molecular weight excluding hydrogens is 572 g/mol. The molecule has 4 N–H and O–H groups in total. The number of carbonyl (C=O) groups excluding carboxylic acids is 2. The highest BCUT2D eigenvalue weighted by Crippen LogP contribution is 2.36. The Bertz CT molecular complexity index is 810. The number of hydrogen-bond donors (Lipinski definition) is 4. The Morgan fingerprint density at radius 2 is 1.33 bits per heavy atom. The smallest absolute Gasteiger partial charge is 0.305 e. The van der Waals surface area contributed by atoms with E-state index in [1.165, 1.54) is 38.5 Å². The topological polar surface area (TPSA) is 134 Å². The summed E-state index contributed by atoms with van der Waals surface area (Å²) in [5.41, 5.74) is 0. The molecule has 0 aromatic rings. The Kier molecular flexibility index (Phi) is 24.2. The number of hydrogen-bond acceptors (Lipinski definition) is 8. The average molecular weight is 639 g/mol. The molecule has 262 valence electrons. The van der Waals surface area contributed by atoms with Gasteiger partial charge in [-0.3, -0.25) is 9.59 Å². The van der Waals surface area contributed by atoms with E-state index in [9.17, 15) is 30.0 Å². The summed E-state index contributed by atoms with van der Waals surface area (Å²) in [6.45, 7) is 6.27. The van der Waals surface area contributed by atoms with E-state index in [4.69, 9.17) is 9.47 Å². The van der Waals surface area contributed by atoms with Crippen LogP contribution < -0.4 is 0 Å². The van der Waals surface area contributed by atoms with Gasteiger partial charge in [-0.2, -0.15) is 0 Å². The molecule has 0 saturated heterocycles. The fourth-order valence-electron chi connectivity index (χ4n) is 5.85. The van der Waals surface area contributed by atoms with Crippen molar-refractivity contribution in [2.24, 2.45) is 17.8 Å². The van der Waals surface area contributed by atoms with E-state index in [0.29, 0.717) is 38.5 Å². The molecule has 1 rings (SSSR count). The van der Waals surface area contributed by atoms with Crippen LogP contribution >= 0.6 is 0 Å². The number of ether oxygens (including phenoxy) is 2. The third kappa shape index (κ3) is 21.6. The highest BCUT2D eigenvalue weighted by molar-refractivity contribution is 5.69. The van der Waals surface area contributed by atoms with Gasteiger partial charge >= 0.3 is 11.9 Å². The Morgan fingerprint density at radius 3 is 1.96 bits per heavy atom. The van der Waals surface area contributed by atoms with Crippen molar-refractivity contribution in [3.8, 4) is 0 Å². The molecule has 1 saturated carbocycles. The fourth-order valence-corrected chi connectivity index (χ4v) is 5.85. The van der Waals surface area contributed by atoms with Crippen LogP contribution in [0.3, 0.4) is 0 Å². The quantitative estimate of drug-likeness (QED) is 0.0431. The summed E-state index contributed by atoms with van der Waals surface area (Å²) in [6, 6.07) is 0. The summed E-state index contributed by atoms with van der Waals surface area (Å²) in [4.78, 5) is 24.0. The van der Waals surface area contributed by atoms with Crippen molar-refractivity contribution < 1.29 is 39.5 Å². The van der Waals surface area contributed by atoms with E-state index in [0.717, 1.165) is 44.4 Å². The van der Waals surface area contributed by atoms with Crippen molar-refractivity contribution in [1.82, 2.24) is 0 Å². The molecule has 8 nitrogen and oxygen atoms in total. The van der Waals surface area contributed by atoms with Crippen LogP contribution in [0.15, 0.2) is 24.3 Å². The standard InChI is InChI=1S/C37H66O8/c1-4-5-14-20-30(38)24-25-33-32(34(40)26-35(33)41)21-16-12-13-18-23-37(43)45-28-31(39)27-44-36(42)22-17-11-9-7-6-8-10-15-19-29(2)3/h12,16,24-25,29-35,38-41H,4-11,13-15,17-23,26-28H2,1-3H3/b16-12+,25-24+/t30-,31+,32+,33+,34-,35+/m0/s1. The number of rotatable bonds is 27. The van der Waals surface area contributed by atoms with Crippen molar-refractivity contribution in [3.63, 3.8) is 0 Å². The maximum atomic E-state index is 12.0. The van der Waals surface area contributed by atoms with Gasteiger partial charge in [0.2, 0.25) is 0 Å². The summed E-state index contributed by atoms with van der Waals surface area (Å²) in [6.07, 6.45) is 22.0. The molecule has 0 heterocycles. The third-order valence-electron chi connectivity index (χ3n) is 8.69. The summed E-state index contributed by atoms with van der Waals surface area (Å²) < 4.78 is 10.2. The molecule has 0 spiro atoms. The Labute approximate surface area is 273 Å². The fraction of sp³-hybridized carbons (Fsp3) is 0.838. The van der Waals surface area contributed by atoms with Gasteiger partial charge in [-0.05, 0) is 43.9 Å². The van der Waals surface area contributed by atoms with Crippen LogP contribution in [-0.4, -0.2) is 70.0 Å². The predicted octanol–water partition coefficient (Wildman–Crippen LogP) is 6.96. The van der Waals surface area contributed by atoms with Gasteiger partial charge in [0.15, 0.2) is 0 Å². The highest BCUT2D eigenvalue weighted by atomic mass is 16.6. The molecule has 1 aliphatic rings. The van der Waals surface area contributed by atoms with Gasteiger partial charge in [0.05, 0.1) is 18.3 Å². The second-order valence-corrected chi connectivity index (χ2v) is 13.4. The molecule has 0 aromatic carbocycles. The normalized spacial score (nSPS) is 21.6. The second-order valence-electron chi connectivity index (χ2n) is 13.4. The van der Waals surface area contributed by atoms with Gasteiger partial charge in [0, 0.05) is 25.2 Å². The number of esters is 2. The minimum Gasteiger partial charge on any atom is -0.463 e. The second kappa shape index (κ2) is 26.3.